The zero-order valence-corrected chi connectivity index (χ0v) is 7.30. The predicted octanol–water partition coefficient (Wildman–Crippen LogP) is 1.12. The van der Waals surface area contributed by atoms with E-state index in [2.05, 4.69) is 12.2 Å². The van der Waals surface area contributed by atoms with Crippen molar-refractivity contribution in [2.75, 3.05) is 26.9 Å². The van der Waals surface area contributed by atoms with Crippen LogP contribution in [0.4, 0.5) is 0 Å². The monoisotopic (exact) mass is 159 g/mol. The zero-order chi connectivity index (χ0) is 8.36. The van der Waals surface area contributed by atoms with Crippen LogP contribution in [0.1, 0.15) is 13.3 Å². The summed E-state index contributed by atoms with van der Waals surface area (Å²) >= 11 is 0. The maximum Gasteiger partial charge on any atom is 0.111 e. The van der Waals surface area contributed by atoms with Crippen molar-refractivity contribution in [3.05, 3.63) is 12.5 Å². The molecule has 0 aromatic heterocycles. The van der Waals surface area contributed by atoms with Crippen molar-refractivity contribution >= 4 is 0 Å². The van der Waals surface area contributed by atoms with Crippen LogP contribution in [0, 0.1) is 0 Å². The van der Waals surface area contributed by atoms with Gasteiger partial charge < -0.3 is 14.8 Å². The van der Waals surface area contributed by atoms with Crippen molar-refractivity contribution in [1.29, 1.82) is 0 Å². The Bertz CT molecular complexity index is 94.1. The van der Waals surface area contributed by atoms with Crippen molar-refractivity contribution < 1.29 is 9.47 Å². The average molecular weight is 159 g/mol. The molecule has 0 saturated carbocycles. The SMILES string of the molecule is CCCOCCOC=CNC. The van der Waals surface area contributed by atoms with Crippen molar-refractivity contribution in [3.8, 4) is 0 Å². The minimum atomic E-state index is 0.623. The third kappa shape index (κ3) is 9.30. The van der Waals surface area contributed by atoms with Gasteiger partial charge in [0.25, 0.3) is 0 Å². The molecule has 0 saturated heterocycles. The van der Waals surface area contributed by atoms with Gasteiger partial charge in [0.15, 0.2) is 0 Å². The normalized spacial score (nSPS) is 10.4. The Labute approximate surface area is 68.4 Å². The Morgan fingerprint density at radius 1 is 1.27 bits per heavy atom. The molecule has 0 rings (SSSR count). The summed E-state index contributed by atoms with van der Waals surface area (Å²) in [5.74, 6) is 0. The Hall–Kier alpha value is -0.700. The summed E-state index contributed by atoms with van der Waals surface area (Å²) in [7, 11) is 1.83. The fourth-order valence-corrected chi connectivity index (χ4v) is 0.538. The van der Waals surface area contributed by atoms with Gasteiger partial charge in [-0.1, -0.05) is 6.92 Å². The van der Waals surface area contributed by atoms with Crippen LogP contribution in [0.2, 0.25) is 0 Å². The lowest BCUT2D eigenvalue weighted by Crippen LogP contribution is -2.02. The average Bonchev–Trinajstić information content (AvgIpc) is 2.03. The summed E-state index contributed by atoms with van der Waals surface area (Å²) in [6.45, 7) is 4.20. The first kappa shape index (κ1) is 10.3. The second kappa shape index (κ2) is 9.30. The van der Waals surface area contributed by atoms with Gasteiger partial charge in [-0.15, -0.1) is 0 Å². The summed E-state index contributed by atoms with van der Waals surface area (Å²) in [6.07, 6.45) is 4.42. The fraction of sp³-hybridized carbons (Fsp3) is 0.750. The molecule has 0 unspecified atom stereocenters. The molecule has 11 heavy (non-hydrogen) atoms. The maximum absolute atomic E-state index is 5.18. The zero-order valence-electron chi connectivity index (χ0n) is 7.30. The van der Waals surface area contributed by atoms with Gasteiger partial charge >= 0.3 is 0 Å². The lowest BCUT2D eigenvalue weighted by molar-refractivity contribution is 0.0850. The van der Waals surface area contributed by atoms with Crippen LogP contribution in [-0.2, 0) is 9.47 Å². The largest absolute Gasteiger partial charge is 0.497 e. The van der Waals surface area contributed by atoms with Gasteiger partial charge in [-0.2, -0.15) is 0 Å². The quantitative estimate of drug-likeness (QED) is 0.446. The van der Waals surface area contributed by atoms with E-state index >= 15 is 0 Å². The van der Waals surface area contributed by atoms with E-state index in [-0.39, 0.29) is 0 Å². The van der Waals surface area contributed by atoms with Crippen LogP contribution in [0.25, 0.3) is 0 Å². The van der Waals surface area contributed by atoms with Crippen molar-refractivity contribution in [3.63, 3.8) is 0 Å². The highest BCUT2D eigenvalue weighted by Crippen LogP contribution is 1.81. The van der Waals surface area contributed by atoms with Crippen molar-refractivity contribution in [1.82, 2.24) is 5.32 Å². The molecular weight excluding hydrogens is 142 g/mol. The molecule has 0 amide bonds. The van der Waals surface area contributed by atoms with E-state index in [0.717, 1.165) is 13.0 Å². The minimum Gasteiger partial charge on any atom is -0.497 e. The van der Waals surface area contributed by atoms with E-state index in [1.165, 1.54) is 0 Å². The van der Waals surface area contributed by atoms with Gasteiger partial charge in [-0.25, -0.2) is 0 Å². The molecule has 0 fully saturated rings. The topological polar surface area (TPSA) is 30.5 Å². The van der Waals surface area contributed by atoms with E-state index in [9.17, 15) is 0 Å². The van der Waals surface area contributed by atoms with Crippen LogP contribution < -0.4 is 5.32 Å². The van der Waals surface area contributed by atoms with E-state index in [1.807, 2.05) is 7.05 Å². The molecule has 0 heterocycles. The molecule has 3 nitrogen and oxygen atoms in total. The molecule has 1 N–H and O–H groups in total. The Morgan fingerprint density at radius 2 is 2.09 bits per heavy atom. The summed E-state index contributed by atoms with van der Waals surface area (Å²) in [5.41, 5.74) is 0. The molecule has 3 heteroatoms. The molecule has 0 radical (unpaired) electrons. The summed E-state index contributed by atoms with van der Waals surface area (Å²) in [5, 5.41) is 2.82. The second-order valence-corrected chi connectivity index (χ2v) is 2.07. The number of nitrogens with one attached hydrogen (secondary N) is 1. The molecule has 0 atom stereocenters. The standard InChI is InChI=1S/C8H17NO2/c1-3-5-10-7-8-11-6-4-9-2/h4,6,9H,3,5,7-8H2,1-2H3. The van der Waals surface area contributed by atoms with E-state index in [0.29, 0.717) is 13.2 Å². The summed E-state index contributed by atoms with van der Waals surface area (Å²) < 4.78 is 10.2. The first-order chi connectivity index (χ1) is 5.41. The number of hydrogen-bond acceptors (Lipinski definition) is 3. The highest BCUT2D eigenvalue weighted by molar-refractivity contribution is 4.66. The van der Waals surface area contributed by atoms with Crippen LogP contribution in [0.5, 0.6) is 0 Å². The first-order valence-corrected chi connectivity index (χ1v) is 3.93. The Balaban J connectivity index is 2.85. The lowest BCUT2D eigenvalue weighted by atomic mass is 10.5. The van der Waals surface area contributed by atoms with Gasteiger partial charge in [0.1, 0.15) is 6.61 Å². The molecule has 0 spiro atoms. The fourth-order valence-electron chi connectivity index (χ4n) is 0.538. The molecule has 0 aliphatic rings. The Morgan fingerprint density at radius 3 is 2.73 bits per heavy atom. The Kier molecular flexibility index (Phi) is 8.71. The molecular formula is C8H17NO2. The van der Waals surface area contributed by atoms with Gasteiger partial charge in [0, 0.05) is 19.9 Å². The minimum absolute atomic E-state index is 0.623. The highest BCUT2D eigenvalue weighted by Gasteiger charge is 1.83. The van der Waals surface area contributed by atoms with Crippen LogP contribution in [0.3, 0.4) is 0 Å². The van der Waals surface area contributed by atoms with Crippen LogP contribution >= 0.6 is 0 Å². The predicted molar refractivity (Wildman–Crippen MR) is 45.3 cm³/mol. The molecule has 0 aromatic rings. The van der Waals surface area contributed by atoms with Crippen molar-refractivity contribution in [2.45, 2.75) is 13.3 Å². The summed E-state index contributed by atoms with van der Waals surface area (Å²) in [6, 6.07) is 0. The number of rotatable bonds is 7. The number of hydrogen-bond donors (Lipinski definition) is 1. The van der Waals surface area contributed by atoms with Gasteiger partial charge in [-0.05, 0) is 6.42 Å². The third-order valence-corrected chi connectivity index (χ3v) is 1.02. The first-order valence-electron chi connectivity index (χ1n) is 3.93. The van der Waals surface area contributed by atoms with Crippen LogP contribution in [-0.4, -0.2) is 26.9 Å². The van der Waals surface area contributed by atoms with E-state index in [1.54, 1.807) is 12.5 Å². The molecule has 0 aliphatic carbocycles. The van der Waals surface area contributed by atoms with E-state index < -0.39 is 0 Å². The van der Waals surface area contributed by atoms with Crippen LogP contribution in [0.15, 0.2) is 12.5 Å². The molecule has 0 aliphatic heterocycles. The lowest BCUT2D eigenvalue weighted by Gasteiger charge is -2.01. The number of ether oxygens (including phenoxy) is 2. The molecule has 0 aromatic carbocycles. The highest BCUT2D eigenvalue weighted by atomic mass is 16.5. The molecule has 0 bridgehead atoms. The summed E-state index contributed by atoms with van der Waals surface area (Å²) in [4.78, 5) is 0. The van der Waals surface area contributed by atoms with Gasteiger partial charge in [0.2, 0.25) is 0 Å². The molecule has 66 valence electrons. The van der Waals surface area contributed by atoms with Crippen molar-refractivity contribution in [2.24, 2.45) is 0 Å². The third-order valence-electron chi connectivity index (χ3n) is 1.02. The van der Waals surface area contributed by atoms with E-state index in [4.69, 9.17) is 9.47 Å². The maximum atomic E-state index is 5.18. The smallest absolute Gasteiger partial charge is 0.111 e. The van der Waals surface area contributed by atoms with Gasteiger partial charge in [0.05, 0.1) is 12.9 Å². The van der Waals surface area contributed by atoms with Gasteiger partial charge in [-0.3, -0.25) is 0 Å². The second-order valence-electron chi connectivity index (χ2n) is 2.07.